The van der Waals surface area contributed by atoms with Crippen molar-refractivity contribution in [3.05, 3.63) is 75.2 Å². The van der Waals surface area contributed by atoms with E-state index in [2.05, 4.69) is 22.4 Å². The van der Waals surface area contributed by atoms with E-state index < -0.39 is 0 Å². The van der Waals surface area contributed by atoms with Gasteiger partial charge in [-0.2, -0.15) is 15.5 Å². The molecule has 8 nitrogen and oxygen atoms in total. The zero-order valence-electron chi connectivity index (χ0n) is 16.2. The Morgan fingerprint density at radius 2 is 2.07 bits per heavy atom. The molecule has 0 spiro atoms. The molecule has 8 heteroatoms. The maximum atomic E-state index is 12.1. The smallest absolute Gasteiger partial charge is 0.352 e. The molecule has 0 bridgehead atoms. The number of fused-ring (bicyclic) bond motifs is 1. The van der Waals surface area contributed by atoms with E-state index in [9.17, 15) is 10.1 Å². The molecule has 2 aromatic carbocycles. The molecule has 1 aliphatic heterocycles. The van der Waals surface area contributed by atoms with Gasteiger partial charge in [-0.15, -0.1) is 0 Å². The minimum absolute atomic E-state index is 0.148. The Hall–Kier alpha value is -4.30. The van der Waals surface area contributed by atoms with Crippen LogP contribution in [0.4, 0.5) is 5.82 Å². The zero-order valence-corrected chi connectivity index (χ0v) is 16.2. The second-order valence-electron chi connectivity index (χ2n) is 6.72. The average molecular weight is 399 g/mol. The van der Waals surface area contributed by atoms with Crippen molar-refractivity contribution in [1.29, 1.82) is 10.5 Å². The quantitative estimate of drug-likeness (QED) is 0.701. The fourth-order valence-corrected chi connectivity index (χ4v) is 3.24. The van der Waals surface area contributed by atoms with Crippen LogP contribution in [-0.4, -0.2) is 16.1 Å². The molecule has 4 rings (SSSR count). The average Bonchev–Trinajstić information content (AvgIpc) is 3.27. The summed E-state index contributed by atoms with van der Waals surface area (Å²) in [6.07, 6.45) is 0. The van der Waals surface area contributed by atoms with Gasteiger partial charge in [-0.05, 0) is 42.8 Å². The van der Waals surface area contributed by atoms with E-state index in [0.29, 0.717) is 35.7 Å². The lowest BCUT2D eigenvalue weighted by Gasteiger charge is -2.13. The van der Waals surface area contributed by atoms with Gasteiger partial charge in [0.1, 0.15) is 30.0 Å². The molecule has 1 aliphatic rings. The first-order chi connectivity index (χ1) is 14.6. The van der Waals surface area contributed by atoms with E-state index in [1.807, 2.05) is 6.92 Å². The highest BCUT2D eigenvalue weighted by molar-refractivity contribution is 5.51. The van der Waals surface area contributed by atoms with E-state index >= 15 is 0 Å². The third kappa shape index (κ3) is 3.67. The van der Waals surface area contributed by atoms with Crippen molar-refractivity contribution >= 4 is 5.82 Å². The molecule has 0 radical (unpaired) electrons. The Kier molecular flexibility index (Phi) is 5.06. The standard InChI is InChI=1S/C22H17N5O3/c1-14-20-25-7-8-27(20)22(28)26-21(14)29-13-16-5-6-19(17(9-16)12-24)30-18-4-2-3-15(10-18)11-23/h2-6,9-10,25H,7-8,13H2,1H3. The van der Waals surface area contributed by atoms with Gasteiger partial charge < -0.3 is 14.8 Å². The largest absolute Gasteiger partial charge is 0.472 e. The predicted molar refractivity (Wildman–Crippen MR) is 108 cm³/mol. The van der Waals surface area contributed by atoms with Crippen molar-refractivity contribution in [1.82, 2.24) is 9.55 Å². The number of hydrogen-bond donors (Lipinski definition) is 1. The van der Waals surface area contributed by atoms with Gasteiger partial charge in [0.2, 0.25) is 5.88 Å². The SMILES string of the molecule is Cc1c(OCc2ccc(Oc3cccc(C#N)c3)c(C#N)c2)nc(=O)n2c1NCC2. The summed E-state index contributed by atoms with van der Waals surface area (Å²) < 4.78 is 13.1. The maximum absolute atomic E-state index is 12.1. The molecule has 0 aliphatic carbocycles. The first-order valence-corrected chi connectivity index (χ1v) is 9.28. The van der Waals surface area contributed by atoms with E-state index in [-0.39, 0.29) is 18.2 Å². The maximum Gasteiger partial charge on any atom is 0.352 e. The van der Waals surface area contributed by atoms with Gasteiger partial charge in [0, 0.05) is 13.1 Å². The molecule has 0 atom stereocenters. The third-order valence-electron chi connectivity index (χ3n) is 4.73. The summed E-state index contributed by atoms with van der Waals surface area (Å²) in [5.74, 6) is 1.85. The Morgan fingerprint density at radius 3 is 2.87 bits per heavy atom. The van der Waals surface area contributed by atoms with Gasteiger partial charge in [-0.1, -0.05) is 12.1 Å². The van der Waals surface area contributed by atoms with Crippen LogP contribution in [0, 0.1) is 29.6 Å². The van der Waals surface area contributed by atoms with Crippen molar-refractivity contribution in [2.45, 2.75) is 20.1 Å². The van der Waals surface area contributed by atoms with E-state index in [4.69, 9.17) is 14.7 Å². The summed E-state index contributed by atoms with van der Waals surface area (Å²) in [6.45, 7) is 3.27. The highest BCUT2D eigenvalue weighted by Gasteiger charge is 2.19. The lowest BCUT2D eigenvalue weighted by Crippen LogP contribution is -2.22. The van der Waals surface area contributed by atoms with Crippen LogP contribution in [0.3, 0.4) is 0 Å². The highest BCUT2D eigenvalue weighted by Crippen LogP contribution is 2.28. The predicted octanol–water partition coefficient (Wildman–Crippen LogP) is 3.09. The molecule has 0 unspecified atom stereocenters. The second-order valence-corrected chi connectivity index (χ2v) is 6.72. The van der Waals surface area contributed by atoms with E-state index in [1.165, 1.54) is 0 Å². The van der Waals surface area contributed by atoms with Crippen LogP contribution in [0.1, 0.15) is 22.3 Å². The second kappa shape index (κ2) is 7.98. The highest BCUT2D eigenvalue weighted by atomic mass is 16.5. The van der Waals surface area contributed by atoms with Gasteiger partial charge >= 0.3 is 5.69 Å². The van der Waals surface area contributed by atoms with Crippen LogP contribution >= 0.6 is 0 Å². The van der Waals surface area contributed by atoms with Crippen LogP contribution in [0.25, 0.3) is 0 Å². The van der Waals surface area contributed by atoms with Crippen molar-refractivity contribution in [3.63, 3.8) is 0 Å². The van der Waals surface area contributed by atoms with Crippen molar-refractivity contribution in [2.75, 3.05) is 11.9 Å². The van der Waals surface area contributed by atoms with E-state index in [1.54, 1.807) is 47.0 Å². The molecule has 30 heavy (non-hydrogen) atoms. The summed E-state index contributed by atoms with van der Waals surface area (Å²) >= 11 is 0. The summed E-state index contributed by atoms with van der Waals surface area (Å²) in [4.78, 5) is 16.1. The van der Waals surface area contributed by atoms with Crippen LogP contribution in [0.5, 0.6) is 17.4 Å². The lowest BCUT2D eigenvalue weighted by atomic mass is 10.1. The normalized spacial score (nSPS) is 11.7. The van der Waals surface area contributed by atoms with Gasteiger partial charge in [-0.3, -0.25) is 4.57 Å². The molecule has 0 amide bonds. The monoisotopic (exact) mass is 399 g/mol. The number of hydrogen-bond acceptors (Lipinski definition) is 7. The van der Waals surface area contributed by atoms with Crippen molar-refractivity contribution in [2.24, 2.45) is 0 Å². The number of ether oxygens (including phenoxy) is 2. The number of nitrogens with zero attached hydrogens (tertiary/aromatic N) is 4. The summed E-state index contributed by atoms with van der Waals surface area (Å²) in [5.41, 5.74) is 1.96. The molecule has 148 valence electrons. The lowest BCUT2D eigenvalue weighted by molar-refractivity contribution is 0.289. The minimum atomic E-state index is -0.350. The van der Waals surface area contributed by atoms with Crippen molar-refractivity contribution in [3.8, 4) is 29.5 Å². The summed E-state index contributed by atoms with van der Waals surface area (Å²) in [7, 11) is 0. The Bertz CT molecular complexity index is 1270. The molecule has 0 fully saturated rings. The number of benzene rings is 2. The third-order valence-corrected chi connectivity index (χ3v) is 4.73. The van der Waals surface area contributed by atoms with Crippen molar-refractivity contribution < 1.29 is 9.47 Å². The minimum Gasteiger partial charge on any atom is -0.472 e. The number of anilines is 1. The fourth-order valence-electron chi connectivity index (χ4n) is 3.24. The van der Waals surface area contributed by atoms with Gasteiger partial charge in [0.05, 0.1) is 22.8 Å². The molecular formula is C22H17N5O3. The molecule has 0 saturated carbocycles. The molecule has 2 heterocycles. The van der Waals surface area contributed by atoms with Crippen LogP contribution < -0.4 is 20.5 Å². The molecule has 1 aromatic heterocycles. The Labute approximate surface area is 172 Å². The van der Waals surface area contributed by atoms with E-state index in [0.717, 1.165) is 16.9 Å². The summed E-state index contributed by atoms with van der Waals surface area (Å²) in [6, 6.07) is 16.0. The zero-order chi connectivity index (χ0) is 21.1. The van der Waals surface area contributed by atoms with Gasteiger partial charge in [0.15, 0.2) is 0 Å². The summed E-state index contributed by atoms with van der Waals surface area (Å²) in [5, 5.41) is 21.7. The Morgan fingerprint density at radius 1 is 1.20 bits per heavy atom. The molecule has 3 aromatic rings. The number of nitrogens with one attached hydrogen (secondary N) is 1. The fraction of sp³-hybridized carbons (Fsp3) is 0.182. The first kappa shape index (κ1) is 19.0. The van der Waals surface area contributed by atoms with Gasteiger partial charge in [-0.25, -0.2) is 4.79 Å². The topological polar surface area (TPSA) is 113 Å². The molecular weight excluding hydrogens is 382 g/mol. The number of nitriles is 2. The Balaban J connectivity index is 1.53. The number of rotatable bonds is 5. The molecule has 0 saturated heterocycles. The van der Waals surface area contributed by atoms with Gasteiger partial charge in [0.25, 0.3) is 0 Å². The first-order valence-electron chi connectivity index (χ1n) is 9.28. The van der Waals surface area contributed by atoms with Crippen LogP contribution in [-0.2, 0) is 13.2 Å². The molecule has 1 N–H and O–H groups in total. The van der Waals surface area contributed by atoms with Crippen LogP contribution in [0.2, 0.25) is 0 Å². The van der Waals surface area contributed by atoms with Crippen LogP contribution in [0.15, 0.2) is 47.3 Å². The number of aromatic nitrogens is 2.